The van der Waals surface area contributed by atoms with Crippen molar-refractivity contribution in [3.63, 3.8) is 0 Å². The molecule has 0 unspecified atom stereocenters. The highest BCUT2D eigenvalue weighted by Gasteiger charge is 2.10. The molecule has 0 spiro atoms. The van der Waals surface area contributed by atoms with E-state index in [9.17, 15) is 8.78 Å². The van der Waals surface area contributed by atoms with E-state index in [-0.39, 0.29) is 5.75 Å². The molecule has 0 aliphatic rings. The lowest BCUT2D eigenvalue weighted by atomic mass is 10.2. The highest BCUT2D eigenvalue weighted by molar-refractivity contribution is 7.80. The van der Waals surface area contributed by atoms with Crippen LogP contribution >= 0.6 is 12.2 Å². The summed E-state index contributed by atoms with van der Waals surface area (Å²) in [5.41, 5.74) is 1.24. The van der Waals surface area contributed by atoms with Gasteiger partial charge in [-0.2, -0.15) is 8.78 Å². The van der Waals surface area contributed by atoms with Gasteiger partial charge < -0.3 is 15.4 Å². The Hall–Kier alpha value is -1.43. The second-order valence-electron chi connectivity index (χ2n) is 3.08. The molecule has 0 atom stereocenters. The fourth-order valence-electron chi connectivity index (χ4n) is 1.11. The number of rotatable bonds is 3. The Morgan fingerprint density at radius 1 is 1.44 bits per heavy atom. The molecule has 16 heavy (non-hydrogen) atoms. The second kappa shape index (κ2) is 5.60. The van der Waals surface area contributed by atoms with Gasteiger partial charge in [0.2, 0.25) is 0 Å². The van der Waals surface area contributed by atoms with E-state index >= 15 is 0 Å². The predicted octanol–water partition coefficient (Wildman–Crippen LogP) is 2.51. The molecule has 0 bridgehead atoms. The molecule has 0 heterocycles. The monoisotopic (exact) mass is 246 g/mol. The molecule has 0 aromatic heterocycles. The van der Waals surface area contributed by atoms with Crippen LogP contribution in [-0.2, 0) is 0 Å². The van der Waals surface area contributed by atoms with Gasteiger partial charge in [-0.05, 0) is 36.8 Å². The summed E-state index contributed by atoms with van der Waals surface area (Å²) in [5, 5.41) is 5.78. The number of hydrogen-bond donors (Lipinski definition) is 2. The van der Waals surface area contributed by atoms with Crippen LogP contribution in [0.25, 0.3) is 0 Å². The van der Waals surface area contributed by atoms with Crippen LogP contribution in [0.15, 0.2) is 18.2 Å². The zero-order valence-corrected chi connectivity index (χ0v) is 9.70. The van der Waals surface area contributed by atoms with Crippen LogP contribution in [0.1, 0.15) is 5.56 Å². The molecule has 1 rings (SSSR count). The van der Waals surface area contributed by atoms with Gasteiger partial charge in [0.15, 0.2) is 5.11 Å². The van der Waals surface area contributed by atoms with Crippen LogP contribution in [0.4, 0.5) is 14.5 Å². The van der Waals surface area contributed by atoms with E-state index < -0.39 is 6.61 Å². The Labute approximate surface area is 97.8 Å². The third kappa shape index (κ3) is 3.62. The Morgan fingerprint density at radius 3 is 2.69 bits per heavy atom. The third-order valence-electron chi connectivity index (χ3n) is 1.83. The first kappa shape index (κ1) is 12.6. The average Bonchev–Trinajstić information content (AvgIpc) is 2.21. The Balaban J connectivity index is 2.93. The van der Waals surface area contributed by atoms with Crippen LogP contribution in [0.5, 0.6) is 5.75 Å². The molecule has 1 aromatic carbocycles. The van der Waals surface area contributed by atoms with Crippen molar-refractivity contribution in [1.29, 1.82) is 0 Å². The van der Waals surface area contributed by atoms with Gasteiger partial charge in [0.1, 0.15) is 5.75 Å². The molecule has 0 saturated carbocycles. The second-order valence-corrected chi connectivity index (χ2v) is 3.49. The normalized spacial score (nSPS) is 10.1. The zero-order chi connectivity index (χ0) is 12.1. The summed E-state index contributed by atoms with van der Waals surface area (Å²) in [5.74, 6) is 0.0765. The Morgan fingerprint density at radius 2 is 2.12 bits per heavy atom. The van der Waals surface area contributed by atoms with Crippen LogP contribution in [-0.4, -0.2) is 18.8 Å². The first-order valence-corrected chi connectivity index (χ1v) is 4.98. The number of halogens is 2. The molecule has 0 aliphatic heterocycles. The zero-order valence-electron chi connectivity index (χ0n) is 8.88. The van der Waals surface area contributed by atoms with E-state index in [0.717, 1.165) is 5.56 Å². The van der Waals surface area contributed by atoms with Crippen molar-refractivity contribution >= 4 is 23.0 Å². The van der Waals surface area contributed by atoms with Gasteiger partial charge in [0.05, 0.1) is 5.69 Å². The maximum atomic E-state index is 12.2. The van der Waals surface area contributed by atoms with Gasteiger partial charge >= 0.3 is 6.61 Å². The predicted molar refractivity (Wildman–Crippen MR) is 63.1 cm³/mol. The topological polar surface area (TPSA) is 33.3 Å². The number of nitrogens with one attached hydrogen (secondary N) is 2. The van der Waals surface area contributed by atoms with Crippen molar-refractivity contribution in [3.05, 3.63) is 23.8 Å². The lowest BCUT2D eigenvalue weighted by Crippen LogP contribution is -2.24. The molecular formula is C10H12F2N2OS. The lowest BCUT2D eigenvalue weighted by Gasteiger charge is -2.13. The maximum Gasteiger partial charge on any atom is 0.387 e. The van der Waals surface area contributed by atoms with Crippen molar-refractivity contribution in [3.8, 4) is 5.75 Å². The van der Waals surface area contributed by atoms with Crippen molar-refractivity contribution in [1.82, 2.24) is 5.32 Å². The summed E-state index contributed by atoms with van der Waals surface area (Å²) in [7, 11) is 1.64. The average molecular weight is 246 g/mol. The number of anilines is 1. The molecule has 88 valence electrons. The van der Waals surface area contributed by atoms with Gasteiger partial charge in [-0.25, -0.2) is 0 Å². The van der Waals surface area contributed by atoms with Gasteiger partial charge in [0, 0.05) is 7.05 Å². The summed E-state index contributed by atoms with van der Waals surface area (Å²) in [6.45, 7) is -1.07. The largest absolute Gasteiger partial charge is 0.433 e. The van der Waals surface area contributed by atoms with Crippen LogP contribution in [0.3, 0.4) is 0 Å². The molecule has 1 aromatic rings. The van der Waals surface area contributed by atoms with Crippen molar-refractivity contribution < 1.29 is 13.5 Å². The van der Waals surface area contributed by atoms with E-state index in [2.05, 4.69) is 15.4 Å². The fourth-order valence-corrected chi connectivity index (χ4v) is 1.22. The van der Waals surface area contributed by atoms with E-state index in [0.29, 0.717) is 10.8 Å². The third-order valence-corrected chi connectivity index (χ3v) is 2.13. The number of thiocarbonyl (C=S) groups is 1. The smallest absolute Gasteiger partial charge is 0.387 e. The molecule has 0 aliphatic carbocycles. The highest BCUT2D eigenvalue weighted by Crippen LogP contribution is 2.27. The minimum atomic E-state index is -2.86. The number of aryl methyl sites for hydroxylation is 1. The Bertz CT molecular complexity index is 385. The van der Waals surface area contributed by atoms with E-state index in [1.165, 1.54) is 6.07 Å². The molecule has 0 amide bonds. The first-order chi connectivity index (χ1) is 7.52. The number of benzene rings is 1. The molecule has 0 saturated heterocycles. The highest BCUT2D eigenvalue weighted by atomic mass is 32.1. The quantitative estimate of drug-likeness (QED) is 0.803. The standard InChI is InChI=1S/C10H12F2N2OS/c1-6-3-4-7(14-10(16)13-2)8(5-6)15-9(11)12/h3-5,9H,1-2H3,(H2,13,14,16). The van der Waals surface area contributed by atoms with Gasteiger partial charge in [-0.3, -0.25) is 0 Å². The number of hydrogen-bond acceptors (Lipinski definition) is 2. The summed E-state index contributed by atoms with van der Waals surface area (Å²) in [4.78, 5) is 0. The molecule has 0 radical (unpaired) electrons. The van der Waals surface area contributed by atoms with E-state index in [4.69, 9.17) is 12.2 Å². The minimum Gasteiger partial charge on any atom is -0.433 e. The van der Waals surface area contributed by atoms with Gasteiger partial charge in [-0.1, -0.05) is 6.07 Å². The SMILES string of the molecule is CNC(=S)Nc1ccc(C)cc1OC(F)F. The molecule has 3 nitrogen and oxygen atoms in total. The van der Waals surface area contributed by atoms with E-state index in [1.54, 1.807) is 26.1 Å². The molecule has 6 heteroatoms. The van der Waals surface area contributed by atoms with Crippen molar-refractivity contribution in [2.75, 3.05) is 12.4 Å². The van der Waals surface area contributed by atoms with Gasteiger partial charge in [0.25, 0.3) is 0 Å². The molecular weight excluding hydrogens is 234 g/mol. The maximum absolute atomic E-state index is 12.2. The minimum absolute atomic E-state index is 0.0765. The van der Waals surface area contributed by atoms with Crippen LogP contribution < -0.4 is 15.4 Å². The molecule has 2 N–H and O–H groups in total. The lowest BCUT2D eigenvalue weighted by molar-refractivity contribution is -0.0493. The van der Waals surface area contributed by atoms with Gasteiger partial charge in [-0.15, -0.1) is 0 Å². The number of alkyl halides is 2. The number of ether oxygens (including phenoxy) is 1. The van der Waals surface area contributed by atoms with Crippen LogP contribution in [0.2, 0.25) is 0 Å². The van der Waals surface area contributed by atoms with Crippen LogP contribution in [0, 0.1) is 6.92 Å². The van der Waals surface area contributed by atoms with Crippen molar-refractivity contribution in [2.24, 2.45) is 0 Å². The summed E-state index contributed by atoms with van der Waals surface area (Å²) >= 11 is 4.88. The summed E-state index contributed by atoms with van der Waals surface area (Å²) < 4.78 is 28.7. The fraction of sp³-hybridized carbons (Fsp3) is 0.300. The molecule has 0 fully saturated rings. The summed E-state index contributed by atoms with van der Waals surface area (Å²) in [6, 6.07) is 4.93. The first-order valence-electron chi connectivity index (χ1n) is 4.57. The van der Waals surface area contributed by atoms with Crippen molar-refractivity contribution in [2.45, 2.75) is 13.5 Å². The Kier molecular flexibility index (Phi) is 4.42. The summed E-state index contributed by atoms with van der Waals surface area (Å²) in [6.07, 6.45) is 0. The van der Waals surface area contributed by atoms with E-state index in [1.807, 2.05) is 0 Å².